The third-order valence-electron chi connectivity index (χ3n) is 5.63. The number of benzene rings is 1. The van der Waals surface area contributed by atoms with Crippen molar-refractivity contribution in [1.82, 2.24) is 9.88 Å². The number of methoxy groups -OCH3 is 2. The number of likely N-dealkylation sites (tertiary alicyclic amines) is 1. The summed E-state index contributed by atoms with van der Waals surface area (Å²) in [5.74, 6) is 0.823. The number of nitrogens with zero attached hydrogens (tertiary/aromatic N) is 1. The fourth-order valence-corrected chi connectivity index (χ4v) is 4.01. The van der Waals surface area contributed by atoms with Gasteiger partial charge in [-0.3, -0.25) is 9.59 Å². The molecule has 1 saturated heterocycles. The lowest BCUT2D eigenvalue weighted by molar-refractivity contribution is 0.0427. The van der Waals surface area contributed by atoms with E-state index in [0.717, 1.165) is 43.9 Å². The number of nitrogens with one attached hydrogen (secondary N) is 1. The number of aromatic nitrogens is 1. The molecule has 0 saturated carbocycles. The van der Waals surface area contributed by atoms with Gasteiger partial charge in [-0.15, -0.1) is 0 Å². The second-order valence-electron chi connectivity index (χ2n) is 7.73. The Balaban J connectivity index is 1.95. The molecular weight excluding hydrogens is 384 g/mol. The molecule has 1 N–H and O–H groups in total. The number of piperidine rings is 1. The smallest absolute Gasteiger partial charge is 0.261 e. The summed E-state index contributed by atoms with van der Waals surface area (Å²) in [7, 11) is 3.21. The number of rotatable bonds is 9. The summed E-state index contributed by atoms with van der Waals surface area (Å²) in [6.45, 7) is 3.79. The van der Waals surface area contributed by atoms with E-state index in [2.05, 4.69) is 11.9 Å². The molecule has 1 aliphatic rings. The maximum absolute atomic E-state index is 13.2. The van der Waals surface area contributed by atoms with E-state index in [1.54, 1.807) is 31.3 Å². The molecule has 1 aliphatic heterocycles. The topological polar surface area (TPSA) is 80.9 Å². The molecule has 7 heteroatoms. The molecule has 1 aromatic heterocycles. The second-order valence-corrected chi connectivity index (χ2v) is 7.73. The van der Waals surface area contributed by atoms with Crippen molar-refractivity contribution < 1.29 is 19.0 Å². The van der Waals surface area contributed by atoms with Gasteiger partial charge in [0.2, 0.25) is 0 Å². The van der Waals surface area contributed by atoms with Gasteiger partial charge >= 0.3 is 0 Å². The number of carbonyl (C=O) groups is 1. The maximum Gasteiger partial charge on any atom is 0.261 e. The highest BCUT2D eigenvalue weighted by atomic mass is 16.5. The summed E-state index contributed by atoms with van der Waals surface area (Å²) in [5.41, 5.74) is 0.285. The highest BCUT2D eigenvalue weighted by Crippen LogP contribution is 2.34. The molecular formula is C23H32N2O5. The van der Waals surface area contributed by atoms with Crippen molar-refractivity contribution in [3.8, 4) is 11.5 Å². The van der Waals surface area contributed by atoms with Crippen molar-refractivity contribution >= 4 is 16.8 Å². The number of hydrogen-bond donors (Lipinski definition) is 1. The van der Waals surface area contributed by atoms with Gasteiger partial charge in [0.1, 0.15) is 5.56 Å². The lowest BCUT2D eigenvalue weighted by Gasteiger charge is -2.35. The average molecular weight is 417 g/mol. The molecule has 1 aromatic carbocycles. The fraction of sp³-hybridized carbons (Fsp3) is 0.565. The van der Waals surface area contributed by atoms with Gasteiger partial charge < -0.3 is 24.1 Å². The number of aromatic amines is 1. The number of amides is 1. The van der Waals surface area contributed by atoms with E-state index in [9.17, 15) is 9.59 Å². The molecule has 30 heavy (non-hydrogen) atoms. The van der Waals surface area contributed by atoms with Gasteiger partial charge in [0.25, 0.3) is 11.5 Å². The van der Waals surface area contributed by atoms with Gasteiger partial charge in [-0.05, 0) is 43.9 Å². The SMILES string of the molecule is CCCCCOc1c(OC)ccc2cc(C(=O)N3CCCCC3COC)c(=O)[nH]c12. The van der Waals surface area contributed by atoms with Crippen molar-refractivity contribution in [3.05, 3.63) is 34.1 Å². The van der Waals surface area contributed by atoms with E-state index in [1.807, 2.05) is 6.07 Å². The Hall–Kier alpha value is -2.54. The van der Waals surface area contributed by atoms with Crippen molar-refractivity contribution in [2.45, 2.75) is 51.5 Å². The minimum atomic E-state index is -0.416. The minimum absolute atomic E-state index is 0.000302. The molecule has 0 bridgehead atoms. The quantitative estimate of drug-likeness (QED) is 0.630. The first-order chi connectivity index (χ1) is 14.6. The molecule has 2 heterocycles. The van der Waals surface area contributed by atoms with Crippen LogP contribution in [0.3, 0.4) is 0 Å². The highest BCUT2D eigenvalue weighted by Gasteiger charge is 2.29. The lowest BCUT2D eigenvalue weighted by atomic mass is 10.0. The Kier molecular flexibility index (Phi) is 7.74. The third-order valence-corrected chi connectivity index (χ3v) is 5.63. The van der Waals surface area contributed by atoms with Gasteiger partial charge in [0, 0.05) is 19.0 Å². The number of hydrogen-bond acceptors (Lipinski definition) is 5. The van der Waals surface area contributed by atoms with Gasteiger partial charge in [-0.25, -0.2) is 0 Å². The van der Waals surface area contributed by atoms with Crippen LogP contribution >= 0.6 is 0 Å². The Morgan fingerprint density at radius 2 is 2.07 bits per heavy atom. The van der Waals surface area contributed by atoms with Crippen molar-refractivity contribution in [3.63, 3.8) is 0 Å². The fourth-order valence-electron chi connectivity index (χ4n) is 4.01. The van der Waals surface area contributed by atoms with Gasteiger partial charge in [-0.1, -0.05) is 19.8 Å². The molecule has 1 amide bonds. The monoisotopic (exact) mass is 416 g/mol. The first-order valence-electron chi connectivity index (χ1n) is 10.8. The summed E-state index contributed by atoms with van der Waals surface area (Å²) < 4.78 is 16.7. The third kappa shape index (κ3) is 4.78. The van der Waals surface area contributed by atoms with E-state index in [1.165, 1.54) is 0 Å². The number of unbranched alkanes of at least 4 members (excludes halogenated alkanes) is 2. The summed E-state index contributed by atoms with van der Waals surface area (Å²) in [5, 5.41) is 0.740. The van der Waals surface area contributed by atoms with Gasteiger partial charge in [-0.2, -0.15) is 0 Å². The Labute approximate surface area is 177 Å². The largest absolute Gasteiger partial charge is 0.493 e. The first kappa shape index (κ1) is 22.2. The summed E-state index contributed by atoms with van der Waals surface area (Å²) >= 11 is 0. The summed E-state index contributed by atoms with van der Waals surface area (Å²) in [6.07, 6.45) is 5.97. The van der Waals surface area contributed by atoms with Crippen LogP contribution in [-0.4, -0.2) is 55.8 Å². The number of H-pyrrole nitrogens is 1. The van der Waals surface area contributed by atoms with E-state index in [4.69, 9.17) is 14.2 Å². The molecule has 3 rings (SSSR count). The number of ether oxygens (including phenoxy) is 3. The van der Waals surface area contributed by atoms with Crippen LogP contribution in [0.4, 0.5) is 0 Å². The molecule has 164 valence electrons. The van der Waals surface area contributed by atoms with Crippen LogP contribution in [0.1, 0.15) is 55.8 Å². The average Bonchev–Trinajstić information content (AvgIpc) is 2.76. The maximum atomic E-state index is 13.2. The van der Waals surface area contributed by atoms with E-state index in [0.29, 0.717) is 36.8 Å². The Morgan fingerprint density at radius 3 is 2.80 bits per heavy atom. The highest BCUT2D eigenvalue weighted by molar-refractivity contribution is 5.98. The number of pyridine rings is 1. The molecule has 0 radical (unpaired) electrons. The van der Waals surface area contributed by atoms with Crippen LogP contribution < -0.4 is 15.0 Å². The van der Waals surface area contributed by atoms with Crippen LogP contribution in [0, 0.1) is 0 Å². The number of fused-ring (bicyclic) bond motifs is 1. The van der Waals surface area contributed by atoms with Crippen molar-refractivity contribution in [2.75, 3.05) is 34.0 Å². The molecule has 1 atom stereocenters. The minimum Gasteiger partial charge on any atom is -0.493 e. The van der Waals surface area contributed by atoms with E-state index >= 15 is 0 Å². The Bertz CT molecular complexity index is 922. The predicted molar refractivity (Wildman–Crippen MR) is 117 cm³/mol. The van der Waals surface area contributed by atoms with Crippen LogP contribution in [0.5, 0.6) is 11.5 Å². The molecule has 1 unspecified atom stereocenters. The number of carbonyl (C=O) groups excluding carboxylic acids is 1. The first-order valence-corrected chi connectivity index (χ1v) is 10.8. The zero-order valence-corrected chi connectivity index (χ0v) is 18.2. The molecule has 2 aromatic rings. The summed E-state index contributed by atoms with van der Waals surface area (Å²) in [4.78, 5) is 30.7. The second kappa shape index (κ2) is 10.5. The van der Waals surface area contributed by atoms with Gasteiger partial charge in [0.05, 0.1) is 31.9 Å². The van der Waals surface area contributed by atoms with Crippen LogP contribution in [0.25, 0.3) is 10.9 Å². The van der Waals surface area contributed by atoms with Gasteiger partial charge in [0.15, 0.2) is 11.5 Å². The summed E-state index contributed by atoms with van der Waals surface area (Å²) in [6, 6.07) is 5.30. The molecule has 0 spiro atoms. The van der Waals surface area contributed by atoms with Crippen molar-refractivity contribution in [1.29, 1.82) is 0 Å². The van der Waals surface area contributed by atoms with Crippen molar-refractivity contribution in [2.24, 2.45) is 0 Å². The molecule has 7 nitrogen and oxygen atoms in total. The lowest BCUT2D eigenvalue weighted by Crippen LogP contribution is -2.47. The predicted octanol–water partition coefficient (Wildman–Crippen LogP) is 3.75. The normalized spacial score (nSPS) is 16.6. The Morgan fingerprint density at radius 1 is 1.23 bits per heavy atom. The van der Waals surface area contributed by atoms with E-state index < -0.39 is 5.56 Å². The zero-order valence-electron chi connectivity index (χ0n) is 18.2. The molecule has 1 fully saturated rings. The van der Waals surface area contributed by atoms with Crippen LogP contribution in [0.15, 0.2) is 23.0 Å². The zero-order chi connectivity index (χ0) is 21.5. The van der Waals surface area contributed by atoms with Crippen LogP contribution in [0.2, 0.25) is 0 Å². The van der Waals surface area contributed by atoms with E-state index in [-0.39, 0.29) is 17.5 Å². The van der Waals surface area contributed by atoms with Crippen LogP contribution in [-0.2, 0) is 4.74 Å². The standard InChI is InChI=1S/C23H32N2O5/c1-4-5-8-13-30-21-19(29-3)11-10-16-14-18(22(26)24-20(16)21)23(27)25-12-7-6-9-17(25)15-28-2/h10-11,14,17H,4-9,12-13,15H2,1-3H3,(H,24,26). The molecule has 0 aliphatic carbocycles.